The number of carbonyl (C=O) groups excluding carboxylic acids is 1. The first kappa shape index (κ1) is 20.6. The van der Waals surface area contributed by atoms with Gasteiger partial charge in [0, 0.05) is 35.3 Å². The van der Waals surface area contributed by atoms with Gasteiger partial charge in [-0.25, -0.2) is 19.6 Å². The number of nitrogens with one attached hydrogen (secondary N) is 1. The molecule has 0 saturated carbocycles. The molecule has 160 valence electrons. The number of aromatic nitrogens is 7. The van der Waals surface area contributed by atoms with Crippen molar-refractivity contribution < 1.29 is 4.79 Å². The zero-order valence-electron chi connectivity index (χ0n) is 18.6. The predicted molar refractivity (Wildman–Crippen MR) is 118 cm³/mol. The van der Waals surface area contributed by atoms with Gasteiger partial charge in [-0.05, 0) is 32.9 Å². The van der Waals surface area contributed by atoms with Gasteiger partial charge in [0.05, 0.1) is 23.1 Å². The average Bonchev–Trinajstić information content (AvgIpc) is 3.31. The highest BCUT2D eigenvalue weighted by Gasteiger charge is 2.23. The lowest BCUT2D eigenvalue weighted by atomic mass is 9.92. The van der Waals surface area contributed by atoms with Crippen LogP contribution in [0, 0.1) is 6.92 Å². The van der Waals surface area contributed by atoms with E-state index in [1.54, 1.807) is 29.3 Å². The quantitative estimate of drug-likeness (QED) is 0.540. The number of aryl methyl sites for hydroxylation is 1. The number of anilines is 1. The van der Waals surface area contributed by atoms with E-state index in [1.165, 1.54) is 0 Å². The second-order valence-electron chi connectivity index (χ2n) is 8.80. The number of hydrogen-bond donors (Lipinski definition) is 1. The van der Waals surface area contributed by atoms with Crippen molar-refractivity contribution in [2.24, 2.45) is 0 Å². The third-order valence-electron chi connectivity index (χ3n) is 4.95. The van der Waals surface area contributed by atoms with Crippen LogP contribution in [0.1, 0.15) is 62.4 Å². The molecule has 0 saturated heterocycles. The Hall–Kier alpha value is -3.62. The van der Waals surface area contributed by atoms with Crippen LogP contribution < -0.4 is 5.32 Å². The Labute approximate surface area is 180 Å². The molecule has 0 fully saturated rings. The molecule has 0 bridgehead atoms. The summed E-state index contributed by atoms with van der Waals surface area (Å²) in [4.78, 5) is 26.4. The zero-order valence-corrected chi connectivity index (χ0v) is 18.6. The molecule has 0 atom stereocenters. The predicted octanol–water partition coefficient (Wildman–Crippen LogP) is 3.85. The molecule has 0 aromatic carbocycles. The maximum absolute atomic E-state index is 13.2. The Kier molecular flexibility index (Phi) is 5.04. The summed E-state index contributed by atoms with van der Waals surface area (Å²) in [5, 5.41) is 12.8. The average molecular weight is 419 g/mol. The normalized spacial score (nSPS) is 12.0. The SMILES string of the molecule is Cc1nc2c(cnn2C(C)C)cc1C(=O)Nc1cc(C(C)(C)C)nn1-c1ncccn1. The van der Waals surface area contributed by atoms with Gasteiger partial charge in [-0.15, -0.1) is 0 Å². The van der Waals surface area contributed by atoms with Crippen molar-refractivity contribution in [3.8, 4) is 5.95 Å². The summed E-state index contributed by atoms with van der Waals surface area (Å²) in [6, 6.07) is 5.59. The molecular formula is C22H26N8O. The van der Waals surface area contributed by atoms with Crippen LogP contribution in [0.3, 0.4) is 0 Å². The third-order valence-corrected chi connectivity index (χ3v) is 4.95. The van der Waals surface area contributed by atoms with E-state index in [4.69, 9.17) is 0 Å². The molecule has 0 aliphatic rings. The second-order valence-corrected chi connectivity index (χ2v) is 8.80. The fourth-order valence-corrected chi connectivity index (χ4v) is 3.25. The number of fused-ring (bicyclic) bond motifs is 1. The van der Waals surface area contributed by atoms with Gasteiger partial charge in [0.1, 0.15) is 5.82 Å². The van der Waals surface area contributed by atoms with Crippen molar-refractivity contribution in [1.29, 1.82) is 0 Å². The summed E-state index contributed by atoms with van der Waals surface area (Å²) in [6.45, 7) is 12.1. The van der Waals surface area contributed by atoms with Crippen LogP contribution in [-0.4, -0.2) is 40.4 Å². The van der Waals surface area contributed by atoms with E-state index >= 15 is 0 Å². The molecule has 9 heteroatoms. The number of pyridine rings is 1. The number of nitrogens with zero attached hydrogens (tertiary/aromatic N) is 7. The summed E-state index contributed by atoms with van der Waals surface area (Å²) in [7, 11) is 0. The highest BCUT2D eigenvalue weighted by molar-refractivity contribution is 6.06. The van der Waals surface area contributed by atoms with Gasteiger partial charge in [-0.2, -0.15) is 14.9 Å². The summed E-state index contributed by atoms with van der Waals surface area (Å²) in [6.07, 6.45) is 5.01. The largest absolute Gasteiger partial charge is 0.306 e. The summed E-state index contributed by atoms with van der Waals surface area (Å²) < 4.78 is 3.40. The number of carbonyl (C=O) groups is 1. The standard InChI is InChI=1S/C22H26N8O/c1-13(2)29-19-15(12-25-29)10-16(14(3)26-19)20(31)27-18-11-17(22(4,5)6)28-30(18)21-23-8-7-9-24-21/h7-13H,1-6H3,(H,27,31). The summed E-state index contributed by atoms with van der Waals surface area (Å²) in [5.74, 6) is 0.608. The third kappa shape index (κ3) is 3.90. The molecule has 1 amide bonds. The lowest BCUT2D eigenvalue weighted by Gasteiger charge is -2.13. The molecule has 0 aliphatic carbocycles. The van der Waals surface area contributed by atoms with E-state index in [1.807, 2.05) is 37.6 Å². The van der Waals surface area contributed by atoms with Crippen LogP contribution in [0.15, 0.2) is 36.8 Å². The maximum Gasteiger partial charge on any atom is 0.258 e. The van der Waals surface area contributed by atoms with Crippen molar-refractivity contribution in [2.45, 2.75) is 53.0 Å². The Balaban J connectivity index is 1.73. The molecule has 1 N–H and O–H groups in total. The van der Waals surface area contributed by atoms with Crippen LogP contribution >= 0.6 is 0 Å². The van der Waals surface area contributed by atoms with Crippen LogP contribution in [-0.2, 0) is 5.41 Å². The fourth-order valence-electron chi connectivity index (χ4n) is 3.25. The van der Waals surface area contributed by atoms with E-state index in [0.29, 0.717) is 23.0 Å². The molecular weight excluding hydrogens is 392 g/mol. The molecule has 4 heterocycles. The first-order valence-corrected chi connectivity index (χ1v) is 10.2. The zero-order chi connectivity index (χ0) is 22.3. The van der Waals surface area contributed by atoms with E-state index < -0.39 is 0 Å². The summed E-state index contributed by atoms with van der Waals surface area (Å²) in [5.41, 5.74) is 2.49. The highest BCUT2D eigenvalue weighted by atomic mass is 16.1. The fraction of sp³-hybridized carbons (Fsp3) is 0.364. The van der Waals surface area contributed by atoms with Crippen LogP contribution in [0.2, 0.25) is 0 Å². The lowest BCUT2D eigenvalue weighted by Crippen LogP contribution is -2.18. The van der Waals surface area contributed by atoms with E-state index in [9.17, 15) is 4.79 Å². The van der Waals surface area contributed by atoms with Crippen LogP contribution in [0.25, 0.3) is 17.0 Å². The van der Waals surface area contributed by atoms with E-state index in [0.717, 1.165) is 16.7 Å². The van der Waals surface area contributed by atoms with Crippen molar-refractivity contribution >= 4 is 22.8 Å². The van der Waals surface area contributed by atoms with Gasteiger partial charge in [0.2, 0.25) is 0 Å². The molecule has 4 rings (SSSR count). The maximum atomic E-state index is 13.2. The second kappa shape index (κ2) is 7.57. The Morgan fingerprint density at radius 1 is 1.13 bits per heavy atom. The van der Waals surface area contributed by atoms with E-state index in [-0.39, 0.29) is 17.4 Å². The number of rotatable bonds is 4. The molecule has 31 heavy (non-hydrogen) atoms. The van der Waals surface area contributed by atoms with Crippen molar-refractivity contribution in [3.63, 3.8) is 0 Å². The summed E-state index contributed by atoms with van der Waals surface area (Å²) >= 11 is 0. The first-order chi connectivity index (χ1) is 14.6. The first-order valence-electron chi connectivity index (χ1n) is 10.2. The molecule has 4 aromatic heterocycles. The van der Waals surface area contributed by atoms with Crippen molar-refractivity contribution in [2.75, 3.05) is 5.32 Å². The minimum Gasteiger partial charge on any atom is -0.306 e. The minimum atomic E-state index is -0.276. The van der Waals surface area contributed by atoms with Gasteiger partial charge in [0.15, 0.2) is 5.65 Å². The molecule has 0 unspecified atom stereocenters. The molecule has 0 radical (unpaired) electrons. The monoisotopic (exact) mass is 418 g/mol. The number of hydrogen-bond acceptors (Lipinski definition) is 6. The highest BCUT2D eigenvalue weighted by Crippen LogP contribution is 2.26. The Morgan fingerprint density at radius 3 is 2.48 bits per heavy atom. The van der Waals surface area contributed by atoms with Gasteiger partial charge >= 0.3 is 0 Å². The Bertz CT molecular complexity index is 1250. The molecule has 9 nitrogen and oxygen atoms in total. The number of amides is 1. The lowest BCUT2D eigenvalue weighted by molar-refractivity contribution is 0.102. The van der Waals surface area contributed by atoms with Crippen molar-refractivity contribution in [3.05, 3.63) is 53.7 Å². The van der Waals surface area contributed by atoms with Crippen molar-refractivity contribution in [1.82, 2.24) is 34.5 Å². The molecule has 0 spiro atoms. The van der Waals surface area contributed by atoms with E-state index in [2.05, 4.69) is 51.2 Å². The molecule has 4 aromatic rings. The Morgan fingerprint density at radius 2 is 1.84 bits per heavy atom. The van der Waals surface area contributed by atoms with Crippen LogP contribution in [0.5, 0.6) is 0 Å². The van der Waals surface area contributed by atoms with Gasteiger partial charge in [0.25, 0.3) is 11.9 Å². The van der Waals surface area contributed by atoms with Gasteiger partial charge < -0.3 is 5.32 Å². The molecule has 0 aliphatic heterocycles. The van der Waals surface area contributed by atoms with Crippen LogP contribution in [0.4, 0.5) is 5.82 Å². The van der Waals surface area contributed by atoms with Gasteiger partial charge in [-0.3, -0.25) is 4.79 Å². The minimum absolute atomic E-state index is 0.181. The van der Waals surface area contributed by atoms with Gasteiger partial charge in [-0.1, -0.05) is 20.8 Å². The smallest absolute Gasteiger partial charge is 0.258 e. The topological polar surface area (TPSA) is 103 Å².